The second-order valence-corrected chi connectivity index (χ2v) is 3.08. The van der Waals surface area contributed by atoms with Crippen molar-refractivity contribution < 1.29 is 18.7 Å². The number of β-amino-alcohol motifs (C(OH)–C–C–N with tert-alkyl or cyclic N) is 1. The maximum Gasteiger partial charge on any atom is 0.265 e. The second-order valence-electron chi connectivity index (χ2n) is 3.08. The monoisotopic (exact) mass is 194 g/mol. The third-order valence-electron chi connectivity index (χ3n) is 2.04. The second kappa shape index (κ2) is 3.97. The molecule has 1 heterocycles. The largest absolute Gasteiger partial charge is 0.385 e. The third-order valence-corrected chi connectivity index (χ3v) is 2.04. The van der Waals surface area contributed by atoms with Crippen molar-refractivity contribution in [1.29, 1.82) is 0 Å². The van der Waals surface area contributed by atoms with Gasteiger partial charge < -0.3 is 15.7 Å². The number of likely N-dealkylation sites (tertiary alicyclic amines) is 1. The molecule has 1 fully saturated rings. The number of amides is 1. The fraction of sp³-hybridized carbons (Fsp3) is 0.857. The van der Waals surface area contributed by atoms with Gasteiger partial charge in [-0.25, -0.2) is 8.78 Å². The molecule has 4 nitrogen and oxygen atoms in total. The Labute approximate surface area is 74.3 Å². The fourth-order valence-electron chi connectivity index (χ4n) is 1.25. The Morgan fingerprint density at radius 2 is 2.31 bits per heavy atom. The van der Waals surface area contributed by atoms with Gasteiger partial charge in [0.05, 0.1) is 12.6 Å². The SMILES string of the molecule is NC1CCN(CC(O)C(F)F)C1=O. The topological polar surface area (TPSA) is 66.6 Å². The zero-order chi connectivity index (χ0) is 10.0. The molecule has 0 saturated carbocycles. The van der Waals surface area contributed by atoms with Crippen LogP contribution >= 0.6 is 0 Å². The number of nitrogens with two attached hydrogens (primary N) is 1. The summed E-state index contributed by atoms with van der Waals surface area (Å²) in [5.41, 5.74) is 5.36. The molecule has 1 saturated heterocycles. The minimum Gasteiger partial charge on any atom is -0.385 e. The van der Waals surface area contributed by atoms with Crippen molar-refractivity contribution in [2.45, 2.75) is 25.0 Å². The smallest absolute Gasteiger partial charge is 0.265 e. The molecule has 0 aromatic rings. The lowest BCUT2D eigenvalue weighted by molar-refractivity contribution is -0.131. The Hall–Kier alpha value is -0.750. The van der Waals surface area contributed by atoms with Crippen LogP contribution in [0.5, 0.6) is 0 Å². The number of nitrogens with zero attached hydrogens (tertiary/aromatic N) is 1. The van der Waals surface area contributed by atoms with Gasteiger partial charge in [-0.3, -0.25) is 4.79 Å². The number of hydrogen-bond acceptors (Lipinski definition) is 3. The Morgan fingerprint density at radius 3 is 2.69 bits per heavy atom. The first kappa shape index (κ1) is 10.3. The van der Waals surface area contributed by atoms with Gasteiger partial charge in [0.1, 0.15) is 6.10 Å². The quantitative estimate of drug-likeness (QED) is 0.616. The van der Waals surface area contributed by atoms with Crippen LogP contribution in [-0.4, -0.2) is 47.6 Å². The normalized spacial score (nSPS) is 25.8. The van der Waals surface area contributed by atoms with Crippen molar-refractivity contribution in [3.8, 4) is 0 Å². The van der Waals surface area contributed by atoms with Crippen LogP contribution < -0.4 is 5.73 Å². The number of aliphatic hydroxyl groups is 1. The Morgan fingerprint density at radius 1 is 1.69 bits per heavy atom. The molecule has 0 aromatic carbocycles. The molecule has 3 N–H and O–H groups in total. The highest BCUT2D eigenvalue weighted by Gasteiger charge is 2.31. The number of aliphatic hydroxyl groups excluding tert-OH is 1. The van der Waals surface area contributed by atoms with E-state index in [1.54, 1.807) is 0 Å². The van der Waals surface area contributed by atoms with Crippen LogP contribution in [0.2, 0.25) is 0 Å². The first-order valence-electron chi connectivity index (χ1n) is 4.03. The summed E-state index contributed by atoms with van der Waals surface area (Å²) in [5, 5.41) is 8.81. The van der Waals surface area contributed by atoms with E-state index in [1.807, 2.05) is 0 Å². The molecule has 0 bridgehead atoms. The van der Waals surface area contributed by atoms with E-state index in [-0.39, 0.29) is 12.5 Å². The maximum absolute atomic E-state index is 11.9. The van der Waals surface area contributed by atoms with Gasteiger partial charge in [0.15, 0.2) is 0 Å². The molecule has 1 aliphatic rings. The van der Waals surface area contributed by atoms with Crippen LogP contribution in [0.1, 0.15) is 6.42 Å². The lowest BCUT2D eigenvalue weighted by atomic mass is 10.3. The molecule has 0 spiro atoms. The summed E-state index contributed by atoms with van der Waals surface area (Å²) in [6.07, 6.45) is -4.12. The summed E-state index contributed by atoms with van der Waals surface area (Å²) in [4.78, 5) is 12.3. The predicted molar refractivity (Wildman–Crippen MR) is 41.2 cm³/mol. The van der Waals surface area contributed by atoms with E-state index in [1.165, 1.54) is 4.90 Å². The van der Waals surface area contributed by atoms with Gasteiger partial charge >= 0.3 is 0 Å². The zero-order valence-corrected chi connectivity index (χ0v) is 6.99. The molecule has 0 radical (unpaired) electrons. The molecular weight excluding hydrogens is 182 g/mol. The number of hydrogen-bond donors (Lipinski definition) is 2. The van der Waals surface area contributed by atoms with Crippen LogP contribution in [0.15, 0.2) is 0 Å². The third kappa shape index (κ3) is 2.35. The minimum absolute atomic E-state index is 0.329. The average Bonchev–Trinajstić information content (AvgIpc) is 2.36. The van der Waals surface area contributed by atoms with Gasteiger partial charge in [-0.15, -0.1) is 0 Å². The average molecular weight is 194 g/mol. The molecule has 1 aliphatic heterocycles. The number of alkyl halides is 2. The highest BCUT2D eigenvalue weighted by atomic mass is 19.3. The summed E-state index contributed by atoms with van der Waals surface area (Å²) in [7, 11) is 0. The molecule has 13 heavy (non-hydrogen) atoms. The number of carbonyl (C=O) groups is 1. The van der Waals surface area contributed by atoms with E-state index in [2.05, 4.69) is 0 Å². The number of carbonyl (C=O) groups excluding carboxylic acids is 1. The van der Waals surface area contributed by atoms with E-state index in [9.17, 15) is 13.6 Å². The fourth-order valence-corrected chi connectivity index (χ4v) is 1.25. The van der Waals surface area contributed by atoms with Crippen LogP contribution in [0.4, 0.5) is 8.78 Å². The number of halogens is 2. The molecule has 2 unspecified atom stereocenters. The van der Waals surface area contributed by atoms with E-state index >= 15 is 0 Å². The van der Waals surface area contributed by atoms with E-state index in [4.69, 9.17) is 10.8 Å². The zero-order valence-electron chi connectivity index (χ0n) is 6.99. The lowest BCUT2D eigenvalue weighted by Crippen LogP contribution is -2.40. The van der Waals surface area contributed by atoms with E-state index in [0.717, 1.165) is 0 Å². The molecule has 1 rings (SSSR count). The van der Waals surface area contributed by atoms with Crippen LogP contribution in [0, 0.1) is 0 Å². The Balaban J connectivity index is 2.42. The van der Waals surface area contributed by atoms with Crippen molar-refractivity contribution >= 4 is 5.91 Å². The van der Waals surface area contributed by atoms with Gasteiger partial charge in [0, 0.05) is 6.54 Å². The predicted octanol–water partition coefficient (Wildman–Crippen LogP) is -0.828. The summed E-state index contributed by atoms with van der Waals surface area (Å²) >= 11 is 0. The highest BCUT2D eigenvalue weighted by Crippen LogP contribution is 2.11. The minimum atomic E-state index is -2.82. The standard InChI is InChI=1S/C7H12F2N2O2/c8-6(9)5(12)3-11-2-1-4(10)7(11)13/h4-6,12H,1-3,10H2. The molecule has 76 valence electrons. The summed E-state index contributed by atoms with van der Waals surface area (Å²) in [6, 6.07) is -0.593. The molecule has 1 amide bonds. The Kier molecular flexibility index (Phi) is 3.16. The van der Waals surface area contributed by atoms with Crippen LogP contribution in [-0.2, 0) is 4.79 Å². The van der Waals surface area contributed by atoms with Gasteiger partial charge in [-0.05, 0) is 6.42 Å². The van der Waals surface area contributed by atoms with E-state index < -0.39 is 18.6 Å². The van der Waals surface area contributed by atoms with Crippen molar-refractivity contribution in [3.05, 3.63) is 0 Å². The molecule has 0 aliphatic carbocycles. The first-order chi connectivity index (χ1) is 6.02. The van der Waals surface area contributed by atoms with Gasteiger partial charge in [0.25, 0.3) is 6.43 Å². The maximum atomic E-state index is 11.9. The molecule has 6 heteroatoms. The lowest BCUT2D eigenvalue weighted by Gasteiger charge is -2.19. The van der Waals surface area contributed by atoms with Gasteiger partial charge in [-0.1, -0.05) is 0 Å². The summed E-state index contributed by atoms with van der Waals surface area (Å²) < 4.78 is 23.8. The highest BCUT2D eigenvalue weighted by molar-refractivity contribution is 5.83. The van der Waals surface area contributed by atoms with Crippen molar-refractivity contribution in [2.75, 3.05) is 13.1 Å². The van der Waals surface area contributed by atoms with Crippen LogP contribution in [0.3, 0.4) is 0 Å². The molecular formula is C7H12F2N2O2. The molecule has 0 aromatic heterocycles. The van der Waals surface area contributed by atoms with Crippen molar-refractivity contribution in [2.24, 2.45) is 5.73 Å². The van der Waals surface area contributed by atoms with Crippen molar-refractivity contribution in [1.82, 2.24) is 4.90 Å². The van der Waals surface area contributed by atoms with Crippen molar-refractivity contribution in [3.63, 3.8) is 0 Å². The van der Waals surface area contributed by atoms with Gasteiger partial charge in [0.2, 0.25) is 5.91 Å². The summed E-state index contributed by atoms with van der Waals surface area (Å²) in [5.74, 6) is -0.361. The summed E-state index contributed by atoms with van der Waals surface area (Å²) in [6.45, 7) is 0.0218. The molecule has 2 atom stereocenters. The van der Waals surface area contributed by atoms with Crippen LogP contribution in [0.25, 0.3) is 0 Å². The van der Waals surface area contributed by atoms with Gasteiger partial charge in [-0.2, -0.15) is 0 Å². The first-order valence-corrected chi connectivity index (χ1v) is 4.03. The number of rotatable bonds is 3. The van der Waals surface area contributed by atoms with E-state index in [0.29, 0.717) is 13.0 Å². The Bertz CT molecular complexity index is 201.